The van der Waals surface area contributed by atoms with Crippen LogP contribution in [-0.4, -0.2) is 18.3 Å². The van der Waals surface area contributed by atoms with Crippen molar-refractivity contribution in [3.63, 3.8) is 0 Å². The van der Waals surface area contributed by atoms with Crippen molar-refractivity contribution in [2.45, 2.75) is 9.79 Å². The Labute approximate surface area is 194 Å². The fourth-order valence-electron chi connectivity index (χ4n) is 3.58. The fraction of sp³-hybridized carbons (Fsp3) is 0.0741. The molecule has 160 valence electrons. The molecule has 0 aromatic heterocycles. The van der Waals surface area contributed by atoms with E-state index < -0.39 is 0 Å². The normalized spacial score (nSPS) is 10.9. The van der Waals surface area contributed by atoms with Gasteiger partial charge in [-0.1, -0.05) is 24.3 Å². The van der Waals surface area contributed by atoms with Gasteiger partial charge >= 0.3 is 0 Å². The molecule has 0 unspecified atom stereocenters. The molecule has 32 heavy (non-hydrogen) atoms. The van der Waals surface area contributed by atoms with Crippen LogP contribution in [0.1, 0.15) is 15.9 Å². The zero-order valence-corrected chi connectivity index (χ0v) is 19.2. The van der Waals surface area contributed by atoms with Crippen LogP contribution in [0.4, 0.5) is 8.78 Å². The maximum Gasteiger partial charge on any atom is 0.194 e. The minimum absolute atomic E-state index is 0.135. The Morgan fingerprint density at radius 3 is 1.31 bits per heavy atom. The summed E-state index contributed by atoms with van der Waals surface area (Å²) in [4.78, 5) is 15.8. The Kier molecular flexibility index (Phi) is 6.77. The Balaban J connectivity index is 1.88. The third-order valence-electron chi connectivity index (χ3n) is 5.25. The number of hydrogen-bond donors (Lipinski definition) is 0. The highest BCUT2D eigenvalue weighted by Crippen LogP contribution is 2.34. The number of carbonyl (C=O) groups is 1. The molecule has 4 rings (SSSR count). The lowest BCUT2D eigenvalue weighted by molar-refractivity contribution is 0.104. The molecule has 0 heterocycles. The lowest BCUT2D eigenvalue weighted by atomic mass is 9.90. The number of thioether (sulfide) groups is 2. The third kappa shape index (κ3) is 4.64. The smallest absolute Gasteiger partial charge is 0.194 e. The van der Waals surface area contributed by atoms with Crippen molar-refractivity contribution in [3.8, 4) is 22.3 Å². The van der Waals surface area contributed by atoms with Gasteiger partial charge in [0.05, 0.1) is 0 Å². The van der Waals surface area contributed by atoms with Crippen molar-refractivity contribution in [1.29, 1.82) is 0 Å². The molecule has 0 fully saturated rings. The first-order valence-electron chi connectivity index (χ1n) is 9.93. The number of ketones is 1. The summed E-state index contributed by atoms with van der Waals surface area (Å²) >= 11 is 3.16. The molecule has 0 bridgehead atoms. The van der Waals surface area contributed by atoms with Gasteiger partial charge in [0.15, 0.2) is 5.78 Å². The first-order valence-corrected chi connectivity index (χ1v) is 12.4. The van der Waals surface area contributed by atoms with Crippen LogP contribution in [0, 0.1) is 11.6 Å². The van der Waals surface area contributed by atoms with Gasteiger partial charge in [0.1, 0.15) is 11.6 Å². The van der Waals surface area contributed by atoms with Gasteiger partial charge in [0, 0.05) is 20.9 Å². The molecule has 0 N–H and O–H groups in total. The average molecular weight is 463 g/mol. The summed E-state index contributed by atoms with van der Waals surface area (Å²) in [6.45, 7) is 0. The molecule has 0 aliphatic carbocycles. The van der Waals surface area contributed by atoms with E-state index in [0.29, 0.717) is 11.1 Å². The first kappa shape index (κ1) is 22.3. The van der Waals surface area contributed by atoms with Crippen molar-refractivity contribution in [1.82, 2.24) is 0 Å². The zero-order chi connectivity index (χ0) is 22.7. The second-order valence-electron chi connectivity index (χ2n) is 7.17. The lowest BCUT2D eigenvalue weighted by Gasteiger charge is -2.15. The van der Waals surface area contributed by atoms with Crippen LogP contribution in [0.2, 0.25) is 0 Å². The number of carbonyl (C=O) groups excluding carboxylic acids is 1. The Bertz CT molecular complexity index is 1170. The summed E-state index contributed by atoms with van der Waals surface area (Å²) in [5, 5.41) is 0. The van der Waals surface area contributed by atoms with Crippen molar-refractivity contribution >= 4 is 29.3 Å². The van der Waals surface area contributed by atoms with Gasteiger partial charge in [0.2, 0.25) is 0 Å². The van der Waals surface area contributed by atoms with E-state index in [1.165, 1.54) is 24.3 Å². The van der Waals surface area contributed by atoms with E-state index >= 15 is 0 Å². The fourth-order valence-corrected chi connectivity index (χ4v) is 4.46. The summed E-state index contributed by atoms with van der Waals surface area (Å²) in [5.74, 6) is -0.785. The van der Waals surface area contributed by atoms with Gasteiger partial charge < -0.3 is 0 Å². The summed E-state index contributed by atoms with van der Waals surface area (Å²) in [5.41, 5.74) is 4.12. The molecule has 0 atom stereocenters. The van der Waals surface area contributed by atoms with Gasteiger partial charge in [-0.15, -0.1) is 23.5 Å². The van der Waals surface area contributed by atoms with Crippen LogP contribution in [0.5, 0.6) is 0 Å². The summed E-state index contributed by atoms with van der Waals surface area (Å²) in [6.07, 6.45) is 3.94. The second-order valence-corrected chi connectivity index (χ2v) is 8.93. The van der Waals surface area contributed by atoms with Crippen LogP contribution in [0.3, 0.4) is 0 Å². The quantitative estimate of drug-likeness (QED) is 0.214. The monoisotopic (exact) mass is 462 g/mol. The Morgan fingerprint density at radius 2 is 0.969 bits per heavy atom. The highest BCUT2D eigenvalue weighted by Gasteiger charge is 2.20. The van der Waals surface area contributed by atoms with Crippen LogP contribution < -0.4 is 0 Å². The topological polar surface area (TPSA) is 17.1 Å². The number of rotatable bonds is 6. The molecule has 0 aliphatic heterocycles. The minimum atomic E-state index is -0.325. The van der Waals surface area contributed by atoms with Gasteiger partial charge in [-0.05, 0) is 95.4 Å². The van der Waals surface area contributed by atoms with Gasteiger partial charge in [0.25, 0.3) is 0 Å². The molecule has 1 nitrogen and oxygen atoms in total. The second kappa shape index (κ2) is 9.72. The van der Waals surface area contributed by atoms with E-state index in [-0.39, 0.29) is 17.4 Å². The summed E-state index contributed by atoms with van der Waals surface area (Å²) in [7, 11) is 0. The maximum absolute atomic E-state index is 13.8. The van der Waals surface area contributed by atoms with E-state index in [4.69, 9.17) is 0 Å². The molecule has 0 spiro atoms. The van der Waals surface area contributed by atoms with Crippen molar-refractivity contribution < 1.29 is 13.6 Å². The highest BCUT2D eigenvalue weighted by atomic mass is 32.2. The van der Waals surface area contributed by atoms with E-state index in [2.05, 4.69) is 0 Å². The first-order chi connectivity index (χ1) is 15.5. The van der Waals surface area contributed by atoms with E-state index in [0.717, 1.165) is 32.0 Å². The van der Waals surface area contributed by atoms with Gasteiger partial charge in [-0.25, -0.2) is 8.78 Å². The predicted octanol–water partition coefficient (Wildman–Crippen LogP) is 7.97. The SMILES string of the molecule is CSc1ccc(C(=O)c2ccc(SC)cc2-c2ccc(F)cc2)c(-c2ccc(F)cc2)c1. The van der Waals surface area contributed by atoms with Crippen molar-refractivity contribution in [3.05, 3.63) is 108 Å². The zero-order valence-electron chi connectivity index (χ0n) is 17.6. The summed E-state index contributed by atoms with van der Waals surface area (Å²) in [6, 6.07) is 23.7. The molecular formula is C27H20F2OS2. The van der Waals surface area contributed by atoms with Crippen molar-refractivity contribution in [2.75, 3.05) is 12.5 Å². The average Bonchev–Trinajstić information content (AvgIpc) is 2.84. The molecule has 5 heteroatoms. The number of hydrogen-bond acceptors (Lipinski definition) is 3. The number of benzene rings is 4. The van der Waals surface area contributed by atoms with Gasteiger partial charge in [-0.3, -0.25) is 4.79 Å². The molecule has 4 aromatic carbocycles. The van der Waals surface area contributed by atoms with Crippen molar-refractivity contribution in [2.24, 2.45) is 0 Å². The molecule has 0 aliphatic rings. The number of halogens is 2. The lowest BCUT2D eigenvalue weighted by Crippen LogP contribution is -2.06. The van der Waals surface area contributed by atoms with Gasteiger partial charge in [-0.2, -0.15) is 0 Å². The van der Waals surface area contributed by atoms with Crippen LogP contribution in [-0.2, 0) is 0 Å². The predicted molar refractivity (Wildman–Crippen MR) is 131 cm³/mol. The third-order valence-corrected chi connectivity index (χ3v) is 6.70. The van der Waals surface area contributed by atoms with E-state index in [1.807, 2.05) is 48.9 Å². The molecule has 0 radical (unpaired) electrons. The molecule has 4 aromatic rings. The van der Waals surface area contributed by atoms with E-state index in [1.54, 1.807) is 47.8 Å². The van der Waals surface area contributed by atoms with Crippen LogP contribution in [0.25, 0.3) is 22.3 Å². The molecule has 0 saturated carbocycles. The maximum atomic E-state index is 13.8. The molecule has 0 saturated heterocycles. The Hall–Kier alpha value is -2.89. The highest BCUT2D eigenvalue weighted by molar-refractivity contribution is 7.98. The van der Waals surface area contributed by atoms with Crippen LogP contribution in [0.15, 0.2) is 94.7 Å². The minimum Gasteiger partial charge on any atom is -0.289 e. The van der Waals surface area contributed by atoms with E-state index in [9.17, 15) is 13.6 Å². The van der Waals surface area contributed by atoms with Crippen LogP contribution >= 0.6 is 23.5 Å². The molecular weight excluding hydrogens is 442 g/mol. The molecule has 0 amide bonds. The Morgan fingerprint density at radius 1 is 0.594 bits per heavy atom. The summed E-state index contributed by atoms with van der Waals surface area (Å²) < 4.78 is 27.0. The standard InChI is InChI=1S/C27H20F2OS2/c1-31-21-11-13-23(25(15-21)17-3-7-19(28)8-4-17)27(30)24-14-12-22(32-2)16-26(24)18-5-9-20(29)10-6-18/h3-16H,1-2H3. The largest absolute Gasteiger partial charge is 0.289 e.